The zero-order chi connectivity index (χ0) is 14.4. The predicted octanol–water partition coefficient (Wildman–Crippen LogP) is 0.542. The number of nitrogens with zero attached hydrogens (tertiary/aromatic N) is 2. The molecule has 20 heavy (non-hydrogen) atoms. The second-order valence-corrected chi connectivity index (χ2v) is 5.06. The van der Waals surface area contributed by atoms with Gasteiger partial charge in [0.15, 0.2) is 0 Å². The zero-order valence-corrected chi connectivity index (χ0v) is 12.1. The molecule has 1 saturated heterocycles. The van der Waals surface area contributed by atoms with Gasteiger partial charge in [0.1, 0.15) is 5.69 Å². The second-order valence-electron chi connectivity index (χ2n) is 5.06. The number of nitrogens with one attached hydrogen (secondary N) is 1. The third-order valence-electron chi connectivity index (χ3n) is 3.43. The van der Waals surface area contributed by atoms with Crippen LogP contribution in [0.1, 0.15) is 23.8 Å². The van der Waals surface area contributed by atoms with Gasteiger partial charge < -0.3 is 20.4 Å². The zero-order valence-electron chi connectivity index (χ0n) is 12.1. The van der Waals surface area contributed by atoms with Crippen LogP contribution in [-0.2, 0) is 11.3 Å². The SMILES string of the molecule is CCCn1cc(N)cc1C(=O)NCCN1CCOCC1. The molecule has 1 aromatic rings. The number of carbonyl (C=O) groups excluding carboxylic acids is 1. The van der Waals surface area contributed by atoms with E-state index in [1.165, 1.54) is 0 Å². The Morgan fingerprint density at radius 1 is 1.40 bits per heavy atom. The van der Waals surface area contributed by atoms with Crippen molar-refractivity contribution in [2.45, 2.75) is 19.9 Å². The number of nitrogen functional groups attached to an aromatic ring is 1. The lowest BCUT2D eigenvalue weighted by Gasteiger charge is -2.26. The van der Waals surface area contributed by atoms with Crippen LogP contribution in [-0.4, -0.2) is 54.8 Å². The number of hydrogen-bond acceptors (Lipinski definition) is 4. The molecular weight excluding hydrogens is 256 g/mol. The van der Waals surface area contributed by atoms with Crippen LogP contribution < -0.4 is 11.1 Å². The number of nitrogens with two attached hydrogens (primary N) is 1. The van der Waals surface area contributed by atoms with Gasteiger partial charge in [-0.15, -0.1) is 0 Å². The molecule has 6 nitrogen and oxygen atoms in total. The number of morpholine rings is 1. The minimum absolute atomic E-state index is 0.0524. The smallest absolute Gasteiger partial charge is 0.268 e. The highest BCUT2D eigenvalue weighted by molar-refractivity contribution is 5.93. The topological polar surface area (TPSA) is 72.5 Å². The van der Waals surface area contributed by atoms with Crippen LogP contribution >= 0.6 is 0 Å². The quantitative estimate of drug-likeness (QED) is 0.798. The van der Waals surface area contributed by atoms with E-state index in [9.17, 15) is 4.79 Å². The Morgan fingerprint density at radius 2 is 2.15 bits per heavy atom. The van der Waals surface area contributed by atoms with Gasteiger partial charge in [0.2, 0.25) is 0 Å². The molecular formula is C14H24N4O2. The lowest BCUT2D eigenvalue weighted by molar-refractivity contribution is 0.0383. The molecule has 1 aliphatic heterocycles. The Balaban J connectivity index is 1.81. The first-order valence-corrected chi connectivity index (χ1v) is 7.24. The maximum atomic E-state index is 12.2. The molecule has 6 heteroatoms. The van der Waals surface area contributed by atoms with E-state index in [2.05, 4.69) is 17.1 Å². The molecule has 0 bridgehead atoms. The third kappa shape index (κ3) is 3.98. The largest absolute Gasteiger partial charge is 0.397 e. The van der Waals surface area contributed by atoms with Crippen molar-refractivity contribution < 1.29 is 9.53 Å². The summed E-state index contributed by atoms with van der Waals surface area (Å²) in [5, 5.41) is 2.96. The van der Waals surface area contributed by atoms with E-state index in [1.807, 2.05) is 10.8 Å². The fourth-order valence-corrected chi connectivity index (χ4v) is 2.39. The van der Waals surface area contributed by atoms with Gasteiger partial charge in [-0.2, -0.15) is 0 Å². The Morgan fingerprint density at radius 3 is 2.85 bits per heavy atom. The van der Waals surface area contributed by atoms with Gasteiger partial charge in [-0.25, -0.2) is 0 Å². The fourth-order valence-electron chi connectivity index (χ4n) is 2.39. The first-order valence-electron chi connectivity index (χ1n) is 7.24. The van der Waals surface area contributed by atoms with Gasteiger partial charge in [0.05, 0.1) is 18.9 Å². The van der Waals surface area contributed by atoms with Crippen LogP contribution in [0.25, 0.3) is 0 Å². The molecule has 1 aliphatic rings. The standard InChI is InChI=1S/C14H24N4O2/c1-2-4-18-11-12(15)10-13(18)14(19)16-3-5-17-6-8-20-9-7-17/h10-11H,2-9,15H2,1H3,(H,16,19). The van der Waals surface area contributed by atoms with E-state index < -0.39 is 0 Å². The molecule has 2 rings (SSSR count). The number of aryl methyl sites for hydroxylation is 1. The molecule has 0 unspecified atom stereocenters. The number of amides is 1. The monoisotopic (exact) mass is 280 g/mol. The number of ether oxygens (including phenoxy) is 1. The Kier molecular flexibility index (Phi) is 5.43. The second kappa shape index (κ2) is 7.31. The summed E-state index contributed by atoms with van der Waals surface area (Å²) in [7, 11) is 0. The highest BCUT2D eigenvalue weighted by atomic mass is 16.5. The van der Waals surface area contributed by atoms with Crippen molar-refractivity contribution in [1.29, 1.82) is 0 Å². The molecule has 0 atom stereocenters. The molecule has 112 valence electrons. The normalized spacial score (nSPS) is 16.2. The number of aromatic nitrogens is 1. The molecule has 1 aromatic heterocycles. The molecule has 0 aromatic carbocycles. The van der Waals surface area contributed by atoms with Crippen molar-refractivity contribution in [2.24, 2.45) is 0 Å². The average Bonchev–Trinajstić information content (AvgIpc) is 2.81. The van der Waals surface area contributed by atoms with E-state index in [1.54, 1.807) is 6.07 Å². The van der Waals surface area contributed by atoms with Crippen LogP contribution in [0.3, 0.4) is 0 Å². The van der Waals surface area contributed by atoms with E-state index in [0.717, 1.165) is 45.8 Å². The lowest BCUT2D eigenvalue weighted by Crippen LogP contribution is -2.41. The summed E-state index contributed by atoms with van der Waals surface area (Å²) in [6.07, 6.45) is 2.79. The maximum absolute atomic E-state index is 12.2. The summed E-state index contributed by atoms with van der Waals surface area (Å²) >= 11 is 0. The molecule has 2 heterocycles. The molecule has 0 saturated carbocycles. The van der Waals surface area contributed by atoms with Crippen molar-refractivity contribution in [1.82, 2.24) is 14.8 Å². The van der Waals surface area contributed by atoms with Gasteiger partial charge in [-0.05, 0) is 12.5 Å². The lowest BCUT2D eigenvalue weighted by atomic mass is 10.3. The van der Waals surface area contributed by atoms with Crippen LogP contribution in [0.15, 0.2) is 12.3 Å². The fraction of sp³-hybridized carbons (Fsp3) is 0.643. The number of anilines is 1. The van der Waals surface area contributed by atoms with Crippen LogP contribution in [0.2, 0.25) is 0 Å². The third-order valence-corrected chi connectivity index (χ3v) is 3.43. The number of carbonyl (C=O) groups is 1. The van der Waals surface area contributed by atoms with E-state index >= 15 is 0 Å². The highest BCUT2D eigenvalue weighted by Gasteiger charge is 2.14. The van der Waals surface area contributed by atoms with Gasteiger partial charge in [0.25, 0.3) is 5.91 Å². The van der Waals surface area contributed by atoms with Crippen molar-refractivity contribution >= 4 is 11.6 Å². The van der Waals surface area contributed by atoms with Crippen molar-refractivity contribution in [3.05, 3.63) is 18.0 Å². The summed E-state index contributed by atoms with van der Waals surface area (Å²) in [6, 6.07) is 1.74. The van der Waals surface area contributed by atoms with Crippen molar-refractivity contribution in [2.75, 3.05) is 45.1 Å². The first-order chi connectivity index (χ1) is 9.70. The average molecular weight is 280 g/mol. The summed E-state index contributed by atoms with van der Waals surface area (Å²) in [5.74, 6) is -0.0524. The van der Waals surface area contributed by atoms with Crippen molar-refractivity contribution in [3.8, 4) is 0 Å². The molecule has 0 radical (unpaired) electrons. The molecule has 1 fully saturated rings. The van der Waals surface area contributed by atoms with E-state index in [0.29, 0.717) is 17.9 Å². The van der Waals surface area contributed by atoms with E-state index in [4.69, 9.17) is 10.5 Å². The minimum atomic E-state index is -0.0524. The Hall–Kier alpha value is -1.53. The van der Waals surface area contributed by atoms with Crippen LogP contribution in [0, 0.1) is 0 Å². The first kappa shape index (κ1) is 14.9. The minimum Gasteiger partial charge on any atom is -0.397 e. The van der Waals surface area contributed by atoms with Crippen LogP contribution in [0.5, 0.6) is 0 Å². The highest BCUT2D eigenvalue weighted by Crippen LogP contribution is 2.11. The summed E-state index contributed by atoms with van der Waals surface area (Å²) in [6.45, 7) is 7.84. The van der Waals surface area contributed by atoms with Gasteiger partial charge in [-0.1, -0.05) is 6.92 Å². The molecule has 0 aliphatic carbocycles. The van der Waals surface area contributed by atoms with Crippen molar-refractivity contribution in [3.63, 3.8) is 0 Å². The molecule has 3 N–H and O–H groups in total. The van der Waals surface area contributed by atoms with Crippen LogP contribution in [0.4, 0.5) is 5.69 Å². The number of rotatable bonds is 6. The Labute approximate surface area is 119 Å². The molecule has 0 spiro atoms. The predicted molar refractivity (Wildman–Crippen MR) is 78.7 cm³/mol. The van der Waals surface area contributed by atoms with Gasteiger partial charge >= 0.3 is 0 Å². The maximum Gasteiger partial charge on any atom is 0.268 e. The summed E-state index contributed by atoms with van der Waals surface area (Å²) in [4.78, 5) is 14.5. The Bertz CT molecular complexity index is 438. The number of hydrogen-bond donors (Lipinski definition) is 2. The van der Waals surface area contributed by atoms with Gasteiger partial charge in [0, 0.05) is 38.9 Å². The summed E-state index contributed by atoms with van der Waals surface area (Å²) in [5.41, 5.74) is 7.05. The molecule has 1 amide bonds. The summed E-state index contributed by atoms with van der Waals surface area (Å²) < 4.78 is 7.21. The van der Waals surface area contributed by atoms with E-state index in [-0.39, 0.29) is 5.91 Å². The van der Waals surface area contributed by atoms with Gasteiger partial charge in [-0.3, -0.25) is 9.69 Å².